The minimum atomic E-state index is -4.23. The molecule has 0 rings (SSSR count). The highest BCUT2D eigenvalue weighted by Gasteiger charge is 2.25. The van der Waals surface area contributed by atoms with E-state index in [-0.39, 0.29) is 6.42 Å². The van der Waals surface area contributed by atoms with Crippen LogP contribution in [0.2, 0.25) is 0 Å². The van der Waals surface area contributed by atoms with Crippen molar-refractivity contribution in [3.63, 3.8) is 0 Å². The van der Waals surface area contributed by atoms with Crippen LogP contribution in [0.1, 0.15) is 13.3 Å². The zero-order valence-corrected chi connectivity index (χ0v) is 6.39. The molecule has 0 bridgehead atoms. The van der Waals surface area contributed by atoms with Crippen LogP contribution in [0, 0.1) is 6.92 Å². The van der Waals surface area contributed by atoms with Crippen molar-refractivity contribution in [2.24, 2.45) is 0 Å². The van der Waals surface area contributed by atoms with Gasteiger partial charge in [0.2, 0.25) is 0 Å². The quantitative estimate of drug-likeness (QED) is 0.600. The molecule has 0 aromatic carbocycles. The second kappa shape index (κ2) is 3.12. The third-order valence-electron chi connectivity index (χ3n) is 1.08. The lowest BCUT2D eigenvalue weighted by Crippen LogP contribution is -2.26. The lowest BCUT2D eigenvalue weighted by atomic mass is 10.2. The maximum Gasteiger partial charge on any atom is 0.274 e. The van der Waals surface area contributed by atoms with Crippen LogP contribution in [0.15, 0.2) is 0 Å². The van der Waals surface area contributed by atoms with E-state index >= 15 is 0 Å². The Morgan fingerprint density at radius 3 is 2.10 bits per heavy atom. The fraction of sp³-hybridized carbons (Fsp3) is 0.600. The standard InChI is InChI=1S/C5H9O4S/c1-3-5(4(2)6)10(7,8)9/h5H,1,3H2,2H3,(H,7,8,9). The molecule has 1 radical (unpaired) electrons. The van der Waals surface area contributed by atoms with Crippen LogP contribution in [0.5, 0.6) is 0 Å². The van der Waals surface area contributed by atoms with Crippen molar-refractivity contribution in [1.29, 1.82) is 0 Å². The van der Waals surface area contributed by atoms with Crippen LogP contribution >= 0.6 is 0 Å². The number of carbonyl (C=O) groups is 1. The van der Waals surface area contributed by atoms with E-state index in [4.69, 9.17) is 4.55 Å². The Hall–Kier alpha value is -0.420. The zero-order valence-electron chi connectivity index (χ0n) is 5.57. The Balaban J connectivity index is 4.55. The van der Waals surface area contributed by atoms with E-state index in [9.17, 15) is 13.2 Å². The minimum Gasteiger partial charge on any atom is -0.298 e. The fourth-order valence-corrected chi connectivity index (χ4v) is 1.28. The van der Waals surface area contributed by atoms with Crippen LogP contribution in [0.4, 0.5) is 0 Å². The average Bonchev–Trinajstić information content (AvgIpc) is 1.60. The Kier molecular flexibility index (Phi) is 2.98. The predicted octanol–water partition coefficient (Wildman–Crippen LogP) is 0.0560. The molecule has 0 saturated carbocycles. The molecule has 1 atom stereocenters. The van der Waals surface area contributed by atoms with Gasteiger partial charge in [-0.15, -0.1) is 0 Å². The molecule has 4 nitrogen and oxygen atoms in total. The normalized spacial score (nSPS) is 14.7. The predicted molar refractivity (Wildman–Crippen MR) is 36.0 cm³/mol. The molecule has 0 fully saturated rings. The molecule has 0 saturated heterocycles. The Labute approximate surface area is 60.0 Å². The highest BCUT2D eigenvalue weighted by atomic mass is 32.2. The van der Waals surface area contributed by atoms with Gasteiger partial charge in [0.05, 0.1) is 0 Å². The average molecular weight is 165 g/mol. The molecule has 0 amide bonds. The van der Waals surface area contributed by atoms with E-state index in [1.54, 1.807) is 0 Å². The molecule has 1 unspecified atom stereocenters. The lowest BCUT2D eigenvalue weighted by Gasteiger charge is -2.04. The molecule has 0 aromatic rings. The van der Waals surface area contributed by atoms with Gasteiger partial charge in [-0.1, -0.05) is 6.92 Å². The molecule has 59 valence electrons. The Morgan fingerprint density at radius 1 is 1.70 bits per heavy atom. The Morgan fingerprint density at radius 2 is 2.10 bits per heavy atom. The van der Waals surface area contributed by atoms with E-state index < -0.39 is 21.2 Å². The lowest BCUT2D eigenvalue weighted by molar-refractivity contribution is -0.116. The van der Waals surface area contributed by atoms with E-state index in [2.05, 4.69) is 6.92 Å². The van der Waals surface area contributed by atoms with Gasteiger partial charge in [0.15, 0.2) is 0 Å². The van der Waals surface area contributed by atoms with Crippen molar-refractivity contribution in [1.82, 2.24) is 0 Å². The maximum absolute atomic E-state index is 10.4. The number of ketones is 1. The van der Waals surface area contributed by atoms with Crippen LogP contribution in [-0.4, -0.2) is 24.0 Å². The first-order chi connectivity index (χ1) is 4.39. The molecule has 0 aliphatic rings. The first-order valence-electron chi connectivity index (χ1n) is 2.65. The first kappa shape index (κ1) is 9.58. The summed E-state index contributed by atoms with van der Waals surface area (Å²) in [6.07, 6.45) is -0.131. The summed E-state index contributed by atoms with van der Waals surface area (Å²) < 4.78 is 29.0. The van der Waals surface area contributed by atoms with Gasteiger partial charge in [0, 0.05) is 0 Å². The van der Waals surface area contributed by atoms with Gasteiger partial charge >= 0.3 is 0 Å². The summed E-state index contributed by atoms with van der Waals surface area (Å²) in [5.41, 5.74) is 0. The number of carbonyl (C=O) groups excluding carboxylic acids is 1. The maximum atomic E-state index is 10.4. The van der Waals surface area contributed by atoms with Crippen molar-refractivity contribution in [2.75, 3.05) is 0 Å². The van der Waals surface area contributed by atoms with Crippen molar-refractivity contribution in [3.8, 4) is 0 Å². The fourth-order valence-electron chi connectivity index (χ4n) is 0.562. The Bertz CT molecular complexity index is 216. The third-order valence-corrected chi connectivity index (χ3v) is 2.36. The summed E-state index contributed by atoms with van der Waals surface area (Å²) in [6, 6.07) is 0. The van der Waals surface area contributed by atoms with Crippen LogP contribution in [0.25, 0.3) is 0 Å². The molecule has 0 aromatic heterocycles. The first-order valence-corrected chi connectivity index (χ1v) is 4.16. The third kappa shape index (κ3) is 2.45. The second-order valence-electron chi connectivity index (χ2n) is 1.90. The van der Waals surface area contributed by atoms with Gasteiger partial charge in [0.25, 0.3) is 10.1 Å². The SMILES string of the molecule is [CH2]CC(C(C)=O)S(=O)(=O)O. The molecule has 5 heteroatoms. The van der Waals surface area contributed by atoms with Gasteiger partial charge in [-0.25, -0.2) is 0 Å². The summed E-state index contributed by atoms with van der Waals surface area (Å²) in [6.45, 7) is 4.31. The molecular weight excluding hydrogens is 156 g/mol. The van der Waals surface area contributed by atoms with Crippen molar-refractivity contribution < 1.29 is 17.8 Å². The summed E-state index contributed by atoms with van der Waals surface area (Å²) >= 11 is 0. The van der Waals surface area contributed by atoms with Gasteiger partial charge in [-0.2, -0.15) is 8.42 Å². The molecule has 10 heavy (non-hydrogen) atoms. The minimum absolute atomic E-state index is 0.131. The molecule has 0 spiro atoms. The van der Waals surface area contributed by atoms with Crippen LogP contribution in [0.3, 0.4) is 0 Å². The second-order valence-corrected chi connectivity index (χ2v) is 3.50. The van der Waals surface area contributed by atoms with Gasteiger partial charge < -0.3 is 0 Å². The zero-order chi connectivity index (χ0) is 8.36. The van der Waals surface area contributed by atoms with Crippen molar-refractivity contribution in [3.05, 3.63) is 6.92 Å². The van der Waals surface area contributed by atoms with E-state index in [0.717, 1.165) is 6.92 Å². The van der Waals surface area contributed by atoms with Crippen LogP contribution < -0.4 is 0 Å². The summed E-state index contributed by atoms with van der Waals surface area (Å²) in [7, 11) is -4.23. The molecule has 0 aliphatic heterocycles. The summed E-state index contributed by atoms with van der Waals surface area (Å²) in [5.74, 6) is -0.586. The van der Waals surface area contributed by atoms with Gasteiger partial charge in [-0.3, -0.25) is 9.35 Å². The van der Waals surface area contributed by atoms with Crippen molar-refractivity contribution >= 4 is 15.9 Å². The summed E-state index contributed by atoms with van der Waals surface area (Å²) in [5, 5.41) is -1.35. The monoisotopic (exact) mass is 165 g/mol. The summed E-state index contributed by atoms with van der Waals surface area (Å²) in [4.78, 5) is 10.4. The molecule has 0 heterocycles. The van der Waals surface area contributed by atoms with Crippen molar-refractivity contribution in [2.45, 2.75) is 18.6 Å². The number of rotatable bonds is 3. The largest absolute Gasteiger partial charge is 0.298 e. The van der Waals surface area contributed by atoms with Gasteiger partial charge in [-0.05, 0) is 13.3 Å². The van der Waals surface area contributed by atoms with Crippen LogP contribution in [-0.2, 0) is 14.9 Å². The number of Topliss-reactive ketones (excluding diaryl/α,β-unsaturated/α-hetero) is 1. The van der Waals surface area contributed by atoms with E-state index in [1.807, 2.05) is 0 Å². The number of hydrogen-bond donors (Lipinski definition) is 1. The topological polar surface area (TPSA) is 71.4 Å². The molecular formula is C5H9O4S. The highest BCUT2D eigenvalue weighted by Crippen LogP contribution is 2.03. The smallest absolute Gasteiger partial charge is 0.274 e. The number of hydrogen-bond acceptors (Lipinski definition) is 3. The van der Waals surface area contributed by atoms with Gasteiger partial charge in [0.1, 0.15) is 11.0 Å². The molecule has 0 aliphatic carbocycles. The van der Waals surface area contributed by atoms with E-state index in [1.165, 1.54) is 0 Å². The molecule has 1 N–H and O–H groups in total. The van der Waals surface area contributed by atoms with E-state index in [0.29, 0.717) is 0 Å². The highest BCUT2D eigenvalue weighted by molar-refractivity contribution is 7.87.